The van der Waals surface area contributed by atoms with Crippen LogP contribution in [-0.2, 0) is 10.8 Å². The number of hydrogen-bond acceptors (Lipinski definition) is 1. The van der Waals surface area contributed by atoms with E-state index >= 15 is 0 Å². The smallest absolute Gasteiger partial charge is 0.0603 e. The number of hydrogen-bond donors (Lipinski definition) is 0. The number of fused-ring (bicyclic) bond motifs is 9. The molecular weight excluding hydrogens is 787 g/mol. The SMILES string of the molecule is CC1(C)c2ccccc2-c2ccc(N(c3ccc(-c4ccccc4)cc3)c3ccc(-c4ccc5c(c4)c4cc6ccn7c6c(c4n5-c4ccccc4)C(C)(C)c4ccccc4-7)cc3)cc21. The predicted octanol–water partition coefficient (Wildman–Crippen LogP) is 16.5. The largest absolute Gasteiger partial charge is 0.316 e. The van der Waals surface area contributed by atoms with E-state index in [1.165, 1.54) is 99.7 Å². The molecule has 0 N–H and O–H groups in total. The second-order valence-electron chi connectivity index (χ2n) is 19.0. The van der Waals surface area contributed by atoms with E-state index in [0.29, 0.717) is 0 Å². The maximum atomic E-state index is 2.51. The standard InChI is InChI=1S/C62H47N3/c1-61(2)53-20-12-11-19-49(53)50-33-32-48(39-55(50)61)64(46-28-23-41(24-29-46)40-15-7-5-8-16-40)47-30-25-42(26-31-47)43-27-34-56-51(37-43)52-38-44-35-36-63-57-22-14-13-21-54(57)62(3,4)58(59(44)63)60(52)65(56)45-17-9-6-10-18-45/h5-39H,1-4H3. The van der Waals surface area contributed by atoms with Gasteiger partial charge in [0.25, 0.3) is 0 Å². The van der Waals surface area contributed by atoms with E-state index in [9.17, 15) is 0 Å². The second kappa shape index (κ2) is 13.8. The Morgan fingerprint density at radius 2 is 0.985 bits per heavy atom. The highest BCUT2D eigenvalue weighted by Crippen LogP contribution is 2.52. The fraction of sp³-hybridized carbons (Fsp3) is 0.0968. The van der Waals surface area contributed by atoms with E-state index in [2.05, 4.69) is 254 Å². The lowest BCUT2D eigenvalue weighted by Crippen LogP contribution is -2.27. The van der Waals surface area contributed by atoms with E-state index in [4.69, 9.17) is 0 Å². The molecule has 2 aliphatic rings. The molecule has 9 aromatic carbocycles. The quantitative estimate of drug-likeness (QED) is 0.163. The van der Waals surface area contributed by atoms with Gasteiger partial charge in [0.15, 0.2) is 0 Å². The normalized spacial score (nSPS) is 14.1. The van der Waals surface area contributed by atoms with Gasteiger partial charge in [0.05, 0.1) is 16.6 Å². The van der Waals surface area contributed by atoms with Gasteiger partial charge < -0.3 is 14.0 Å². The number of aromatic nitrogens is 2. The van der Waals surface area contributed by atoms with Crippen molar-refractivity contribution in [3.63, 3.8) is 0 Å². The van der Waals surface area contributed by atoms with Gasteiger partial charge in [0.2, 0.25) is 0 Å². The van der Waals surface area contributed by atoms with Crippen molar-refractivity contribution in [3.05, 3.63) is 235 Å². The molecule has 3 heterocycles. The molecule has 11 aromatic rings. The van der Waals surface area contributed by atoms with Crippen LogP contribution >= 0.6 is 0 Å². The van der Waals surface area contributed by atoms with E-state index in [-0.39, 0.29) is 10.8 Å². The van der Waals surface area contributed by atoms with Gasteiger partial charge in [-0.25, -0.2) is 0 Å². The highest BCUT2D eigenvalue weighted by Gasteiger charge is 2.38. The van der Waals surface area contributed by atoms with Crippen LogP contribution in [0.15, 0.2) is 212 Å². The second-order valence-corrected chi connectivity index (χ2v) is 19.0. The van der Waals surface area contributed by atoms with Crippen molar-refractivity contribution in [1.82, 2.24) is 9.13 Å². The number of rotatable bonds is 6. The molecule has 3 nitrogen and oxygen atoms in total. The molecule has 310 valence electrons. The Labute approximate surface area is 380 Å². The molecule has 0 atom stereocenters. The Kier molecular flexibility index (Phi) is 8.00. The van der Waals surface area contributed by atoms with Crippen LogP contribution in [0.5, 0.6) is 0 Å². The van der Waals surface area contributed by atoms with Crippen LogP contribution < -0.4 is 4.90 Å². The molecule has 1 aliphatic heterocycles. The van der Waals surface area contributed by atoms with Crippen LogP contribution in [-0.4, -0.2) is 9.13 Å². The zero-order chi connectivity index (χ0) is 43.6. The summed E-state index contributed by atoms with van der Waals surface area (Å²) in [5.41, 5.74) is 22.2. The average molecular weight is 834 g/mol. The zero-order valence-corrected chi connectivity index (χ0v) is 37.0. The summed E-state index contributed by atoms with van der Waals surface area (Å²) in [6.45, 7) is 9.52. The maximum Gasteiger partial charge on any atom is 0.0603 e. The molecule has 0 unspecified atom stereocenters. The monoisotopic (exact) mass is 833 g/mol. The van der Waals surface area contributed by atoms with Gasteiger partial charge in [-0.05, 0) is 129 Å². The van der Waals surface area contributed by atoms with Crippen molar-refractivity contribution in [2.75, 3.05) is 4.90 Å². The molecule has 0 amide bonds. The third-order valence-electron chi connectivity index (χ3n) is 14.7. The third-order valence-corrected chi connectivity index (χ3v) is 14.7. The summed E-state index contributed by atoms with van der Waals surface area (Å²) in [7, 11) is 0. The molecule has 2 aromatic heterocycles. The van der Waals surface area contributed by atoms with E-state index in [0.717, 1.165) is 17.1 Å². The van der Waals surface area contributed by atoms with Crippen LogP contribution in [0.2, 0.25) is 0 Å². The van der Waals surface area contributed by atoms with Crippen molar-refractivity contribution in [3.8, 4) is 44.8 Å². The first-order valence-electron chi connectivity index (χ1n) is 22.8. The highest BCUT2D eigenvalue weighted by atomic mass is 15.1. The third kappa shape index (κ3) is 5.48. The maximum absolute atomic E-state index is 2.51. The van der Waals surface area contributed by atoms with Crippen LogP contribution in [0, 0.1) is 0 Å². The molecule has 3 heteroatoms. The first-order chi connectivity index (χ1) is 31.8. The number of anilines is 3. The van der Waals surface area contributed by atoms with Gasteiger partial charge in [-0.3, -0.25) is 0 Å². The topological polar surface area (TPSA) is 13.1 Å². The summed E-state index contributed by atoms with van der Waals surface area (Å²) in [4.78, 5) is 2.41. The van der Waals surface area contributed by atoms with Gasteiger partial charge >= 0.3 is 0 Å². The summed E-state index contributed by atoms with van der Waals surface area (Å²) in [5.74, 6) is 0. The van der Waals surface area contributed by atoms with Crippen molar-refractivity contribution in [2.45, 2.75) is 38.5 Å². The minimum Gasteiger partial charge on any atom is -0.316 e. The number of nitrogens with zero attached hydrogens (tertiary/aromatic N) is 3. The first-order valence-corrected chi connectivity index (χ1v) is 22.8. The Bertz CT molecular complexity index is 3680. The minimum absolute atomic E-state index is 0.107. The van der Waals surface area contributed by atoms with Crippen molar-refractivity contribution >= 4 is 49.8 Å². The molecule has 13 rings (SSSR count). The molecule has 0 saturated carbocycles. The van der Waals surface area contributed by atoms with E-state index < -0.39 is 0 Å². The summed E-state index contributed by atoms with van der Waals surface area (Å²) in [6.07, 6.45) is 2.26. The molecule has 0 bridgehead atoms. The fourth-order valence-corrected chi connectivity index (χ4v) is 11.5. The van der Waals surface area contributed by atoms with Crippen LogP contribution in [0.3, 0.4) is 0 Å². The number of para-hydroxylation sites is 2. The van der Waals surface area contributed by atoms with Gasteiger partial charge in [0.1, 0.15) is 0 Å². The lowest BCUT2D eigenvalue weighted by atomic mass is 9.74. The number of benzene rings is 9. The van der Waals surface area contributed by atoms with Gasteiger partial charge in [-0.1, -0.05) is 155 Å². The van der Waals surface area contributed by atoms with E-state index in [1.54, 1.807) is 0 Å². The Hall–Kier alpha value is -7.88. The minimum atomic E-state index is -0.228. The Morgan fingerprint density at radius 1 is 0.400 bits per heavy atom. The Morgan fingerprint density at radius 3 is 1.72 bits per heavy atom. The van der Waals surface area contributed by atoms with Crippen LogP contribution in [0.4, 0.5) is 17.1 Å². The lowest BCUT2D eigenvalue weighted by molar-refractivity contribution is 0.632. The molecule has 0 saturated heterocycles. The molecule has 0 fully saturated rings. The van der Waals surface area contributed by atoms with Gasteiger partial charge in [0, 0.05) is 67.2 Å². The van der Waals surface area contributed by atoms with Gasteiger partial charge in [-0.15, -0.1) is 0 Å². The molecule has 1 aliphatic carbocycles. The first kappa shape index (κ1) is 37.7. The van der Waals surface area contributed by atoms with Crippen molar-refractivity contribution in [2.24, 2.45) is 0 Å². The molecule has 65 heavy (non-hydrogen) atoms. The van der Waals surface area contributed by atoms with Crippen LogP contribution in [0.25, 0.3) is 77.5 Å². The van der Waals surface area contributed by atoms with Gasteiger partial charge in [-0.2, -0.15) is 0 Å². The molecular formula is C62H47N3. The summed E-state index contributed by atoms with van der Waals surface area (Å²) < 4.78 is 4.92. The molecule has 0 spiro atoms. The van der Waals surface area contributed by atoms with Crippen LogP contribution in [0.1, 0.15) is 49.9 Å². The van der Waals surface area contributed by atoms with E-state index in [1.807, 2.05) is 0 Å². The fourth-order valence-electron chi connectivity index (χ4n) is 11.5. The summed E-state index contributed by atoms with van der Waals surface area (Å²) in [5, 5.41) is 3.81. The average Bonchev–Trinajstić information content (AvgIpc) is 3.99. The Balaban J connectivity index is 0.958. The van der Waals surface area contributed by atoms with Crippen molar-refractivity contribution < 1.29 is 0 Å². The lowest BCUT2D eigenvalue weighted by Gasteiger charge is -2.35. The summed E-state index contributed by atoms with van der Waals surface area (Å²) in [6, 6.07) is 76.4. The molecule has 0 radical (unpaired) electrons. The van der Waals surface area contributed by atoms with Crippen molar-refractivity contribution in [1.29, 1.82) is 0 Å². The predicted molar refractivity (Wildman–Crippen MR) is 273 cm³/mol. The summed E-state index contributed by atoms with van der Waals surface area (Å²) >= 11 is 0. The zero-order valence-electron chi connectivity index (χ0n) is 37.0. The highest BCUT2D eigenvalue weighted by molar-refractivity contribution is 6.17.